The Labute approximate surface area is 125 Å². The number of benzene rings is 1. The average Bonchev–Trinajstić information content (AvgIpc) is 2.53. The number of carbonyl (C=O) groups is 1. The van der Waals surface area contributed by atoms with Crippen molar-refractivity contribution in [3.05, 3.63) is 30.3 Å². The minimum absolute atomic E-state index is 0.200. The van der Waals surface area contributed by atoms with Gasteiger partial charge < -0.3 is 14.7 Å². The summed E-state index contributed by atoms with van der Waals surface area (Å²) in [7, 11) is 0. The Morgan fingerprint density at radius 2 is 2.10 bits per heavy atom. The first-order chi connectivity index (χ1) is 10.2. The van der Waals surface area contributed by atoms with Crippen LogP contribution in [0.15, 0.2) is 30.3 Å². The number of piperidine rings is 2. The van der Waals surface area contributed by atoms with E-state index in [-0.39, 0.29) is 18.1 Å². The third kappa shape index (κ3) is 3.38. The fraction of sp³-hybridized carbons (Fsp3) is 0.588. The summed E-state index contributed by atoms with van der Waals surface area (Å²) in [6, 6.07) is 9.94. The van der Waals surface area contributed by atoms with Gasteiger partial charge in [0.05, 0.1) is 12.7 Å². The van der Waals surface area contributed by atoms with Crippen molar-refractivity contribution in [2.75, 3.05) is 13.2 Å². The standard InChI is InChI=1S/C17H23NO3/c19-16-11-14-9-8-13(16)12-18(14)17(20)7-4-10-21-15-5-2-1-3-6-15/h1-3,5-6,13-14,16,19H,4,7-12H2. The number of hydrogen-bond donors (Lipinski definition) is 1. The molecular formula is C17H23NO3. The number of amides is 1. The van der Waals surface area contributed by atoms with Gasteiger partial charge in [0.1, 0.15) is 5.75 Å². The van der Waals surface area contributed by atoms with E-state index in [2.05, 4.69) is 0 Å². The lowest BCUT2D eigenvalue weighted by molar-refractivity contribution is -0.143. The molecule has 2 heterocycles. The van der Waals surface area contributed by atoms with Crippen molar-refractivity contribution < 1.29 is 14.6 Å². The molecule has 2 bridgehead atoms. The van der Waals surface area contributed by atoms with Crippen molar-refractivity contribution in [1.29, 1.82) is 0 Å². The maximum Gasteiger partial charge on any atom is 0.222 e. The largest absolute Gasteiger partial charge is 0.494 e. The molecule has 2 aliphatic heterocycles. The van der Waals surface area contributed by atoms with E-state index >= 15 is 0 Å². The molecule has 0 aromatic heterocycles. The molecule has 3 fully saturated rings. The first-order valence-corrected chi connectivity index (χ1v) is 7.89. The van der Waals surface area contributed by atoms with Crippen LogP contribution < -0.4 is 4.74 Å². The van der Waals surface area contributed by atoms with Gasteiger partial charge >= 0.3 is 0 Å². The van der Waals surface area contributed by atoms with Gasteiger partial charge in [-0.05, 0) is 37.8 Å². The third-order valence-corrected chi connectivity index (χ3v) is 4.67. The Hall–Kier alpha value is -1.55. The monoisotopic (exact) mass is 289 g/mol. The van der Waals surface area contributed by atoms with Gasteiger partial charge in [-0.15, -0.1) is 0 Å². The van der Waals surface area contributed by atoms with E-state index in [1.165, 1.54) is 0 Å². The van der Waals surface area contributed by atoms with Crippen LogP contribution in [0, 0.1) is 5.92 Å². The van der Waals surface area contributed by atoms with Crippen LogP contribution >= 0.6 is 0 Å². The number of aliphatic hydroxyl groups is 1. The van der Waals surface area contributed by atoms with Crippen LogP contribution in [0.3, 0.4) is 0 Å². The highest BCUT2D eigenvalue weighted by atomic mass is 16.5. The molecule has 1 aromatic carbocycles. The molecule has 3 atom stereocenters. The first kappa shape index (κ1) is 14.4. The second-order valence-corrected chi connectivity index (χ2v) is 6.11. The predicted molar refractivity (Wildman–Crippen MR) is 80.0 cm³/mol. The van der Waals surface area contributed by atoms with Crippen LogP contribution in [-0.2, 0) is 4.79 Å². The van der Waals surface area contributed by atoms with Crippen LogP contribution in [0.2, 0.25) is 0 Å². The Bertz CT molecular complexity index is 476. The molecular weight excluding hydrogens is 266 g/mol. The van der Waals surface area contributed by atoms with Crippen molar-refractivity contribution in [3.63, 3.8) is 0 Å². The molecule has 1 saturated carbocycles. The lowest BCUT2D eigenvalue weighted by Crippen LogP contribution is -2.56. The molecule has 1 aliphatic carbocycles. The lowest BCUT2D eigenvalue weighted by atomic mass is 9.77. The van der Waals surface area contributed by atoms with E-state index in [1.54, 1.807) is 0 Å². The minimum Gasteiger partial charge on any atom is -0.494 e. The van der Waals surface area contributed by atoms with Crippen molar-refractivity contribution in [2.45, 2.75) is 44.2 Å². The molecule has 4 rings (SSSR count). The van der Waals surface area contributed by atoms with Gasteiger partial charge in [-0.3, -0.25) is 4.79 Å². The Kier molecular flexibility index (Phi) is 4.44. The fourth-order valence-electron chi connectivity index (χ4n) is 3.46. The summed E-state index contributed by atoms with van der Waals surface area (Å²) in [6.45, 7) is 1.31. The zero-order chi connectivity index (χ0) is 14.7. The second kappa shape index (κ2) is 6.48. The Morgan fingerprint density at radius 1 is 1.29 bits per heavy atom. The van der Waals surface area contributed by atoms with E-state index in [4.69, 9.17) is 4.74 Å². The van der Waals surface area contributed by atoms with E-state index in [0.717, 1.165) is 38.0 Å². The molecule has 21 heavy (non-hydrogen) atoms. The molecule has 114 valence electrons. The fourth-order valence-corrected chi connectivity index (χ4v) is 3.46. The molecule has 3 aliphatic rings. The number of aliphatic hydroxyl groups excluding tert-OH is 1. The first-order valence-electron chi connectivity index (χ1n) is 7.89. The molecule has 4 heteroatoms. The topological polar surface area (TPSA) is 49.8 Å². The van der Waals surface area contributed by atoms with Crippen LogP contribution in [-0.4, -0.2) is 41.2 Å². The molecule has 1 N–H and O–H groups in total. The highest BCUT2D eigenvalue weighted by molar-refractivity contribution is 5.76. The second-order valence-electron chi connectivity index (χ2n) is 6.11. The van der Waals surface area contributed by atoms with Gasteiger partial charge in [-0.2, -0.15) is 0 Å². The van der Waals surface area contributed by atoms with Crippen molar-refractivity contribution in [2.24, 2.45) is 5.92 Å². The van der Waals surface area contributed by atoms with Crippen molar-refractivity contribution in [3.8, 4) is 5.75 Å². The molecule has 2 saturated heterocycles. The van der Waals surface area contributed by atoms with Crippen LogP contribution in [0.5, 0.6) is 5.75 Å². The summed E-state index contributed by atoms with van der Waals surface area (Å²) in [5, 5.41) is 9.88. The summed E-state index contributed by atoms with van der Waals surface area (Å²) in [4.78, 5) is 14.3. The van der Waals surface area contributed by atoms with Gasteiger partial charge in [0, 0.05) is 24.9 Å². The van der Waals surface area contributed by atoms with E-state index in [1.807, 2.05) is 35.2 Å². The molecule has 4 nitrogen and oxygen atoms in total. The van der Waals surface area contributed by atoms with E-state index < -0.39 is 0 Å². The highest BCUT2D eigenvalue weighted by Crippen LogP contribution is 2.35. The van der Waals surface area contributed by atoms with Crippen LogP contribution in [0.4, 0.5) is 0 Å². The maximum atomic E-state index is 12.3. The number of para-hydroxylation sites is 1. The Morgan fingerprint density at radius 3 is 2.76 bits per heavy atom. The molecule has 0 spiro atoms. The van der Waals surface area contributed by atoms with Gasteiger partial charge in [-0.1, -0.05) is 18.2 Å². The van der Waals surface area contributed by atoms with Gasteiger partial charge in [0.15, 0.2) is 0 Å². The summed E-state index contributed by atoms with van der Waals surface area (Å²) in [5.41, 5.74) is 0. The summed E-state index contributed by atoms with van der Waals surface area (Å²) < 4.78 is 5.61. The van der Waals surface area contributed by atoms with Crippen molar-refractivity contribution >= 4 is 5.91 Å². The normalized spacial score (nSPS) is 27.7. The number of ether oxygens (including phenoxy) is 1. The highest BCUT2D eigenvalue weighted by Gasteiger charge is 2.41. The number of fused-ring (bicyclic) bond motifs is 3. The summed E-state index contributed by atoms with van der Waals surface area (Å²) in [5.74, 6) is 1.36. The van der Waals surface area contributed by atoms with E-state index in [0.29, 0.717) is 18.9 Å². The summed E-state index contributed by atoms with van der Waals surface area (Å²) >= 11 is 0. The SMILES string of the molecule is O=C(CCCOc1ccccc1)N1CC2CCC1CC2O. The molecule has 3 unspecified atom stereocenters. The van der Waals surface area contributed by atoms with Gasteiger partial charge in [-0.25, -0.2) is 0 Å². The van der Waals surface area contributed by atoms with Crippen LogP contribution in [0.1, 0.15) is 32.1 Å². The lowest BCUT2D eigenvalue weighted by Gasteiger charge is -2.47. The zero-order valence-corrected chi connectivity index (χ0v) is 12.3. The number of hydrogen-bond acceptors (Lipinski definition) is 3. The Balaban J connectivity index is 1.41. The minimum atomic E-state index is -0.200. The van der Waals surface area contributed by atoms with Crippen LogP contribution in [0.25, 0.3) is 0 Å². The molecule has 1 amide bonds. The van der Waals surface area contributed by atoms with E-state index in [9.17, 15) is 9.90 Å². The summed E-state index contributed by atoms with van der Waals surface area (Å²) in [6.07, 6.45) is 3.95. The van der Waals surface area contributed by atoms with Gasteiger partial charge in [0.25, 0.3) is 0 Å². The maximum absolute atomic E-state index is 12.3. The number of carbonyl (C=O) groups excluding carboxylic acids is 1. The average molecular weight is 289 g/mol. The molecule has 1 aromatic rings. The number of nitrogens with zero attached hydrogens (tertiary/aromatic N) is 1. The third-order valence-electron chi connectivity index (χ3n) is 4.67. The van der Waals surface area contributed by atoms with Gasteiger partial charge in [0.2, 0.25) is 5.91 Å². The number of rotatable bonds is 5. The zero-order valence-electron chi connectivity index (χ0n) is 12.3. The smallest absolute Gasteiger partial charge is 0.222 e. The molecule has 0 radical (unpaired) electrons. The van der Waals surface area contributed by atoms with Crippen molar-refractivity contribution in [1.82, 2.24) is 4.90 Å². The predicted octanol–water partition coefficient (Wildman–Crippen LogP) is 2.22. The quantitative estimate of drug-likeness (QED) is 0.846.